The molecule has 2 aliphatic heterocycles. The van der Waals surface area contributed by atoms with Crippen LogP contribution in [0.25, 0.3) is 6.08 Å². The number of nitrogens with zero attached hydrogens (tertiary/aromatic N) is 3. The monoisotopic (exact) mass is 435 g/mol. The van der Waals surface area contributed by atoms with Gasteiger partial charge in [0.25, 0.3) is 0 Å². The van der Waals surface area contributed by atoms with E-state index in [0.29, 0.717) is 5.56 Å². The SMILES string of the molecule is Cc1ccc(C(=O)C2C(c3cccs3)C(C#N)(C#N)C3C=Cc4ccccc4N23)c(C)c1. The van der Waals surface area contributed by atoms with Crippen molar-refractivity contribution in [2.24, 2.45) is 5.41 Å². The van der Waals surface area contributed by atoms with E-state index in [1.807, 2.05) is 90.9 Å². The highest BCUT2D eigenvalue weighted by Crippen LogP contribution is 2.56. The van der Waals surface area contributed by atoms with Crippen molar-refractivity contribution in [3.05, 3.63) is 93.2 Å². The number of hydrogen-bond donors (Lipinski definition) is 0. The van der Waals surface area contributed by atoms with Crippen LogP contribution in [-0.4, -0.2) is 17.9 Å². The summed E-state index contributed by atoms with van der Waals surface area (Å²) >= 11 is 1.50. The van der Waals surface area contributed by atoms with Gasteiger partial charge in [-0.15, -0.1) is 11.3 Å². The molecule has 5 rings (SSSR count). The number of aryl methyl sites for hydroxylation is 2. The Balaban J connectivity index is 1.78. The Morgan fingerprint density at radius 2 is 1.84 bits per heavy atom. The molecule has 2 aliphatic rings. The molecule has 0 N–H and O–H groups in total. The summed E-state index contributed by atoms with van der Waals surface area (Å²) < 4.78 is 0. The van der Waals surface area contributed by atoms with E-state index < -0.39 is 23.4 Å². The third-order valence-corrected chi connectivity index (χ3v) is 7.64. The Labute approximate surface area is 191 Å². The van der Waals surface area contributed by atoms with E-state index in [0.717, 1.165) is 27.3 Å². The zero-order chi connectivity index (χ0) is 22.5. The van der Waals surface area contributed by atoms with Crippen LogP contribution in [0.5, 0.6) is 0 Å². The summed E-state index contributed by atoms with van der Waals surface area (Å²) in [4.78, 5) is 17.1. The molecule has 0 saturated carbocycles. The van der Waals surface area contributed by atoms with Gasteiger partial charge in [-0.25, -0.2) is 0 Å². The van der Waals surface area contributed by atoms with Crippen LogP contribution in [0.1, 0.15) is 37.8 Å². The molecule has 32 heavy (non-hydrogen) atoms. The van der Waals surface area contributed by atoms with Gasteiger partial charge in [0.2, 0.25) is 0 Å². The predicted molar refractivity (Wildman–Crippen MR) is 126 cm³/mol. The van der Waals surface area contributed by atoms with Crippen LogP contribution in [0.4, 0.5) is 5.69 Å². The molecule has 1 fully saturated rings. The van der Waals surface area contributed by atoms with Gasteiger partial charge in [0, 0.05) is 16.1 Å². The van der Waals surface area contributed by atoms with Crippen molar-refractivity contribution in [1.29, 1.82) is 10.5 Å². The van der Waals surface area contributed by atoms with Gasteiger partial charge in [-0.05, 0) is 42.5 Å². The van der Waals surface area contributed by atoms with Crippen molar-refractivity contribution in [1.82, 2.24) is 0 Å². The molecular formula is C27H21N3OS. The number of thiophene rings is 1. The molecule has 0 amide bonds. The molecule has 0 radical (unpaired) electrons. The van der Waals surface area contributed by atoms with Gasteiger partial charge < -0.3 is 4.90 Å². The maximum Gasteiger partial charge on any atom is 0.186 e. The molecular weight excluding hydrogens is 414 g/mol. The number of carbonyl (C=O) groups excluding carboxylic acids is 1. The lowest BCUT2D eigenvalue weighted by Crippen LogP contribution is -2.44. The van der Waals surface area contributed by atoms with Gasteiger partial charge in [0.1, 0.15) is 6.04 Å². The van der Waals surface area contributed by atoms with Gasteiger partial charge in [0.05, 0.1) is 24.1 Å². The second-order valence-electron chi connectivity index (χ2n) is 8.48. The van der Waals surface area contributed by atoms with Gasteiger partial charge in [-0.1, -0.05) is 60.2 Å². The van der Waals surface area contributed by atoms with Crippen LogP contribution in [0.15, 0.2) is 66.1 Å². The number of anilines is 1. The van der Waals surface area contributed by atoms with Crippen LogP contribution in [0.2, 0.25) is 0 Å². The molecule has 3 atom stereocenters. The number of para-hydroxylation sites is 1. The van der Waals surface area contributed by atoms with Crippen molar-refractivity contribution >= 4 is 28.9 Å². The van der Waals surface area contributed by atoms with E-state index in [1.54, 1.807) is 0 Å². The summed E-state index contributed by atoms with van der Waals surface area (Å²) in [5, 5.41) is 22.7. The van der Waals surface area contributed by atoms with Crippen molar-refractivity contribution in [2.75, 3.05) is 4.90 Å². The van der Waals surface area contributed by atoms with E-state index in [9.17, 15) is 15.3 Å². The van der Waals surface area contributed by atoms with Crippen LogP contribution < -0.4 is 4.90 Å². The second-order valence-corrected chi connectivity index (χ2v) is 9.46. The number of benzene rings is 2. The van der Waals surface area contributed by atoms with Crippen LogP contribution in [0, 0.1) is 41.9 Å². The Kier molecular flexibility index (Phi) is 4.73. The molecule has 4 nitrogen and oxygen atoms in total. The minimum absolute atomic E-state index is 0.0524. The van der Waals surface area contributed by atoms with Crippen molar-refractivity contribution < 1.29 is 4.79 Å². The number of nitriles is 2. The lowest BCUT2D eigenvalue weighted by molar-refractivity contribution is 0.0951. The average molecular weight is 436 g/mol. The third-order valence-electron chi connectivity index (χ3n) is 6.68. The molecule has 0 bridgehead atoms. The topological polar surface area (TPSA) is 67.9 Å². The fourth-order valence-electron chi connectivity index (χ4n) is 5.26. The van der Waals surface area contributed by atoms with E-state index in [1.165, 1.54) is 11.3 Å². The number of fused-ring (bicyclic) bond motifs is 3. The highest BCUT2D eigenvalue weighted by atomic mass is 32.1. The minimum Gasteiger partial charge on any atom is -0.351 e. The fraction of sp³-hybridized carbons (Fsp3) is 0.222. The van der Waals surface area contributed by atoms with Crippen molar-refractivity contribution in [2.45, 2.75) is 31.8 Å². The number of ketones is 1. The predicted octanol–water partition coefficient (Wildman–Crippen LogP) is 5.65. The Bertz CT molecular complexity index is 1310. The first-order valence-corrected chi connectivity index (χ1v) is 11.4. The summed E-state index contributed by atoms with van der Waals surface area (Å²) in [6.07, 6.45) is 3.89. The quantitative estimate of drug-likeness (QED) is 0.499. The first-order chi connectivity index (χ1) is 15.5. The summed E-state index contributed by atoms with van der Waals surface area (Å²) in [7, 11) is 0. The number of carbonyl (C=O) groups is 1. The Morgan fingerprint density at radius 3 is 2.53 bits per heavy atom. The number of Topliss-reactive ketones (excluding diaryl/α,β-unsaturated/α-hetero) is 1. The van der Waals surface area contributed by atoms with Crippen molar-refractivity contribution in [3.63, 3.8) is 0 Å². The smallest absolute Gasteiger partial charge is 0.186 e. The lowest BCUT2D eigenvalue weighted by Gasteiger charge is -2.35. The summed E-state index contributed by atoms with van der Waals surface area (Å²) in [6, 6.07) is 21.1. The van der Waals surface area contributed by atoms with Crippen LogP contribution in [-0.2, 0) is 0 Å². The molecule has 2 aromatic carbocycles. The van der Waals surface area contributed by atoms with Gasteiger partial charge in [-0.2, -0.15) is 10.5 Å². The number of hydrogen-bond acceptors (Lipinski definition) is 5. The standard InChI is InChI=1S/C27H21N3OS/c1-17-9-11-20(18(2)14-17)26(31)25-24(22-8-5-13-32-22)27(15-28,16-29)23-12-10-19-6-3-4-7-21(19)30(23)25/h3-14,23-25H,1-2H3. The van der Waals surface area contributed by atoms with E-state index in [4.69, 9.17) is 0 Å². The maximum absolute atomic E-state index is 14.2. The van der Waals surface area contributed by atoms with E-state index in [2.05, 4.69) is 12.1 Å². The molecule has 3 unspecified atom stereocenters. The zero-order valence-electron chi connectivity index (χ0n) is 17.8. The second kappa shape index (κ2) is 7.48. The largest absolute Gasteiger partial charge is 0.351 e. The zero-order valence-corrected chi connectivity index (χ0v) is 18.6. The molecule has 0 aliphatic carbocycles. The molecule has 156 valence electrons. The first kappa shape index (κ1) is 20.2. The normalized spacial score (nSPS) is 22.5. The first-order valence-electron chi connectivity index (χ1n) is 10.5. The van der Waals surface area contributed by atoms with Crippen molar-refractivity contribution in [3.8, 4) is 12.1 Å². The summed E-state index contributed by atoms with van der Waals surface area (Å²) in [5.74, 6) is -0.616. The lowest BCUT2D eigenvalue weighted by atomic mass is 9.71. The van der Waals surface area contributed by atoms with Gasteiger partial charge in [-0.3, -0.25) is 4.79 Å². The van der Waals surface area contributed by atoms with E-state index >= 15 is 0 Å². The minimum atomic E-state index is -1.38. The molecule has 1 saturated heterocycles. The average Bonchev–Trinajstić information content (AvgIpc) is 3.43. The van der Waals surface area contributed by atoms with Crippen LogP contribution in [0.3, 0.4) is 0 Å². The molecule has 5 heteroatoms. The third kappa shape index (κ3) is 2.75. The Hall–Kier alpha value is -3.67. The van der Waals surface area contributed by atoms with Gasteiger partial charge >= 0.3 is 0 Å². The van der Waals surface area contributed by atoms with Gasteiger partial charge in [0.15, 0.2) is 11.2 Å². The molecule has 0 spiro atoms. The number of rotatable bonds is 3. The summed E-state index contributed by atoms with van der Waals surface area (Å²) in [5.41, 5.74) is 3.13. The molecule has 1 aromatic heterocycles. The van der Waals surface area contributed by atoms with E-state index in [-0.39, 0.29) is 5.78 Å². The maximum atomic E-state index is 14.2. The molecule has 3 heterocycles. The highest BCUT2D eigenvalue weighted by Gasteiger charge is 2.63. The van der Waals surface area contributed by atoms with Crippen LogP contribution >= 0.6 is 11.3 Å². The summed E-state index contributed by atoms with van der Waals surface area (Å²) in [6.45, 7) is 3.95. The highest BCUT2D eigenvalue weighted by molar-refractivity contribution is 7.10. The Morgan fingerprint density at radius 1 is 1.06 bits per heavy atom. The fourth-order valence-corrected chi connectivity index (χ4v) is 6.19. The molecule has 3 aromatic rings.